The predicted molar refractivity (Wildman–Crippen MR) is 60.7 cm³/mol. The Kier molecular flexibility index (Phi) is 2.02. The molecule has 1 aliphatic rings. The number of anilines is 1. The van der Waals surface area contributed by atoms with E-state index in [4.69, 9.17) is 0 Å². The molecule has 1 saturated carbocycles. The molecule has 3 nitrogen and oxygen atoms in total. The summed E-state index contributed by atoms with van der Waals surface area (Å²) >= 11 is 0. The molecule has 2 aromatic rings. The van der Waals surface area contributed by atoms with Gasteiger partial charge < -0.3 is 5.32 Å². The molecule has 0 saturated heterocycles. The van der Waals surface area contributed by atoms with Gasteiger partial charge >= 0.3 is 0 Å². The van der Waals surface area contributed by atoms with E-state index in [9.17, 15) is 4.39 Å². The summed E-state index contributed by atoms with van der Waals surface area (Å²) in [5.74, 6) is 1.12. The van der Waals surface area contributed by atoms with Crippen molar-refractivity contribution in [3.05, 3.63) is 30.3 Å². The highest BCUT2D eigenvalue weighted by molar-refractivity contribution is 5.89. The Bertz CT molecular complexity index is 541. The monoisotopic (exact) mass is 217 g/mol. The van der Waals surface area contributed by atoms with Crippen molar-refractivity contribution in [1.29, 1.82) is 0 Å². The first-order valence-corrected chi connectivity index (χ1v) is 5.41. The van der Waals surface area contributed by atoms with Gasteiger partial charge in [-0.15, -0.1) is 0 Å². The van der Waals surface area contributed by atoms with Gasteiger partial charge in [0.2, 0.25) is 0 Å². The van der Waals surface area contributed by atoms with Gasteiger partial charge in [-0.05, 0) is 24.5 Å². The summed E-state index contributed by atoms with van der Waals surface area (Å²) in [6.45, 7) is 2.18. The second-order valence-electron chi connectivity index (χ2n) is 4.32. The summed E-state index contributed by atoms with van der Waals surface area (Å²) < 4.78 is 13.5. The summed E-state index contributed by atoms with van der Waals surface area (Å²) in [6.07, 6.45) is 2.56. The van der Waals surface area contributed by atoms with E-state index in [0.717, 1.165) is 17.6 Å². The van der Waals surface area contributed by atoms with Gasteiger partial charge in [0.05, 0.1) is 0 Å². The van der Waals surface area contributed by atoms with Gasteiger partial charge in [0.25, 0.3) is 0 Å². The van der Waals surface area contributed by atoms with Crippen molar-refractivity contribution >= 4 is 16.7 Å². The average molecular weight is 217 g/mol. The van der Waals surface area contributed by atoms with E-state index in [0.29, 0.717) is 17.5 Å². The number of rotatable bonds is 2. The summed E-state index contributed by atoms with van der Waals surface area (Å²) in [7, 11) is 0. The van der Waals surface area contributed by atoms with Gasteiger partial charge in [0, 0.05) is 11.4 Å². The van der Waals surface area contributed by atoms with Crippen LogP contribution in [0.2, 0.25) is 0 Å². The number of fused-ring (bicyclic) bond motifs is 1. The Morgan fingerprint density at radius 2 is 2.19 bits per heavy atom. The molecule has 1 aliphatic carbocycles. The van der Waals surface area contributed by atoms with Crippen molar-refractivity contribution in [3.63, 3.8) is 0 Å². The molecule has 1 heterocycles. The van der Waals surface area contributed by atoms with Crippen LogP contribution in [0.3, 0.4) is 0 Å². The average Bonchev–Trinajstić information content (AvgIpc) is 2.96. The molecule has 1 aromatic heterocycles. The van der Waals surface area contributed by atoms with E-state index >= 15 is 0 Å². The normalized spacial score (nSPS) is 23.4. The first-order valence-electron chi connectivity index (χ1n) is 5.41. The molecule has 0 aliphatic heterocycles. The van der Waals surface area contributed by atoms with Crippen LogP contribution < -0.4 is 5.32 Å². The largest absolute Gasteiger partial charge is 0.366 e. The van der Waals surface area contributed by atoms with Crippen LogP contribution in [0.1, 0.15) is 13.3 Å². The molecule has 3 rings (SSSR count). The Morgan fingerprint density at radius 3 is 2.94 bits per heavy atom. The van der Waals surface area contributed by atoms with Crippen LogP contribution in [0.5, 0.6) is 0 Å². The lowest BCUT2D eigenvalue weighted by molar-refractivity contribution is 0.636. The Morgan fingerprint density at radius 1 is 1.38 bits per heavy atom. The van der Waals surface area contributed by atoms with Crippen LogP contribution in [0, 0.1) is 11.7 Å². The van der Waals surface area contributed by atoms with Crippen LogP contribution in [0.25, 0.3) is 10.9 Å². The molecule has 0 spiro atoms. The van der Waals surface area contributed by atoms with Crippen molar-refractivity contribution in [2.45, 2.75) is 19.4 Å². The highest BCUT2D eigenvalue weighted by Gasteiger charge is 2.33. The lowest BCUT2D eigenvalue weighted by atomic mass is 10.2. The Hall–Kier alpha value is -1.71. The maximum absolute atomic E-state index is 13.5. The fourth-order valence-electron chi connectivity index (χ4n) is 1.87. The second-order valence-corrected chi connectivity index (χ2v) is 4.32. The molecule has 1 aromatic carbocycles. The molecule has 2 unspecified atom stereocenters. The lowest BCUT2D eigenvalue weighted by Gasteiger charge is -2.07. The highest BCUT2D eigenvalue weighted by atomic mass is 19.1. The molecule has 0 radical (unpaired) electrons. The Labute approximate surface area is 92.7 Å². The summed E-state index contributed by atoms with van der Waals surface area (Å²) in [6, 6.07) is 5.41. The smallest absolute Gasteiger partial charge is 0.149 e. The highest BCUT2D eigenvalue weighted by Crippen LogP contribution is 2.33. The number of aromatic nitrogens is 2. The second kappa shape index (κ2) is 3.40. The zero-order chi connectivity index (χ0) is 11.1. The van der Waals surface area contributed by atoms with Crippen LogP contribution in [-0.2, 0) is 0 Å². The van der Waals surface area contributed by atoms with Crippen LogP contribution in [0.4, 0.5) is 10.2 Å². The first kappa shape index (κ1) is 9.51. The number of hydrogen-bond donors (Lipinski definition) is 1. The standard InChI is InChI=1S/C12H12FN3/c1-7-5-10(7)16-12-8-3-2-4-9(13)11(8)14-6-15-12/h2-4,6-7,10H,5H2,1H3,(H,14,15,16). The Balaban J connectivity index is 2.07. The number of para-hydroxylation sites is 1. The van der Waals surface area contributed by atoms with Crippen molar-refractivity contribution in [3.8, 4) is 0 Å². The molecule has 1 N–H and O–H groups in total. The van der Waals surface area contributed by atoms with Gasteiger partial charge in [-0.3, -0.25) is 0 Å². The number of halogens is 1. The van der Waals surface area contributed by atoms with Gasteiger partial charge in [-0.2, -0.15) is 0 Å². The molecule has 0 bridgehead atoms. The van der Waals surface area contributed by atoms with Gasteiger partial charge in [-0.25, -0.2) is 14.4 Å². The van der Waals surface area contributed by atoms with Crippen LogP contribution in [0.15, 0.2) is 24.5 Å². The SMILES string of the molecule is CC1CC1Nc1ncnc2c(F)cccc12. The zero-order valence-corrected chi connectivity index (χ0v) is 8.94. The third kappa shape index (κ3) is 1.50. The minimum Gasteiger partial charge on any atom is -0.366 e. The van der Waals surface area contributed by atoms with E-state index in [1.165, 1.54) is 12.4 Å². The lowest BCUT2D eigenvalue weighted by Crippen LogP contribution is -2.06. The minimum absolute atomic E-state index is 0.299. The maximum Gasteiger partial charge on any atom is 0.149 e. The molecule has 1 fully saturated rings. The third-order valence-electron chi connectivity index (χ3n) is 3.05. The summed E-state index contributed by atoms with van der Waals surface area (Å²) in [5.41, 5.74) is 0.383. The van der Waals surface area contributed by atoms with E-state index in [-0.39, 0.29) is 5.82 Å². The predicted octanol–water partition coefficient (Wildman–Crippen LogP) is 2.59. The van der Waals surface area contributed by atoms with E-state index in [2.05, 4.69) is 22.2 Å². The quantitative estimate of drug-likeness (QED) is 0.840. The summed E-state index contributed by atoms with van der Waals surface area (Å²) in [4.78, 5) is 8.14. The molecule has 0 amide bonds. The topological polar surface area (TPSA) is 37.8 Å². The fourth-order valence-corrected chi connectivity index (χ4v) is 1.87. The first-order chi connectivity index (χ1) is 7.75. The zero-order valence-electron chi connectivity index (χ0n) is 8.94. The van der Waals surface area contributed by atoms with Crippen molar-refractivity contribution in [2.75, 3.05) is 5.32 Å². The van der Waals surface area contributed by atoms with E-state index < -0.39 is 0 Å². The van der Waals surface area contributed by atoms with Crippen molar-refractivity contribution < 1.29 is 4.39 Å². The van der Waals surface area contributed by atoms with E-state index in [1.807, 2.05) is 6.07 Å². The van der Waals surface area contributed by atoms with Crippen molar-refractivity contribution in [2.24, 2.45) is 5.92 Å². The summed E-state index contributed by atoms with van der Waals surface area (Å²) in [5, 5.41) is 4.07. The van der Waals surface area contributed by atoms with Gasteiger partial charge in [-0.1, -0.05) is 13.0 Å². The van der Waals surface area contributed by atoms with Crippen molar-refractivity contribution in [1.82, 2.24) is 9.97 Å². The number of nitrogens with one attached hydrogen (secondary N) is 1. The van der Waals surface area contributed by atoms with Crippen LogP contribution in [-0.4, -0.2) is 16.0 Å². The molecular weight excluding hydrogens is 205 g/mol. The van der Waals surface area contributed by atoms with Crippen LogP contribution >= 0.6 is 0 Å². The minimum atomic E-state index is -0.299. The number of nitrogens with zero attached hydrogens (tertiary/aromatic N) is 2. The van der Waals surface area contributed by atoms with Gasteiger partial charge in [0.15, 0.2) is 0 Å². The van der Waals surface area contributed by atoms with E-state index in [1.54, 1.807) is 6.07 Å². The maximum atomic E-state index is 13.5. The fraction of sp³-hybridized carbons (Fsp3) is 0.333. The third-order valence-corrected chi connectivity index (χ3v) is 3.05. The molecular formula is C12H12FN3. The molecule has 82 valence electrons. The molecule has 4 heteroatoms. The molecule has 16 heavy (non-hydrogen) atoms. The number of benzene rings is 1. The van der Waals surface area contributed by atoms with Gasteiger partial charge in [0.1, 0.15) is 23.5 Å². The number of hydrogen-bond acceptors (Lipinski definition) is 3. The molecule has 2 atom stereocenters.